The smallest absolute Gasteiger partial charge is 0.431 e. The van der Waals surface area contributed by atoms with Crippen LogP contribution in [-0.4, -0.2) is 35.5 Å². The molecule has 0 bridgehead atoms. The van der Waals surface area contributed by atoms with Crippen LogP contribution in [0.5, 0.6) is 0 Å². The van der Waals surface area contributed by atoms with Gasteiger partial charge in [-0.1, -0.05) is 20.3 Å². The van der Waals surface area contributed by atoms with E-state index in [4.69, 9.17) is 5.73 Å². The van der Waals surface area contributed by atoms with Gasteiger partial charge in [0.05, 0.1) is 7.11 Å². The Morgan fingerprint density at radius 1 is 1.30 bits per heavy atom. The molecule has 1 aromatic heterocycles. The van der Waals surface area contributed by atoms with Crippen LogP contribution in [0.15, 0.2) is 16.9 Å². The SMILES string of the molecule is CC[C@H](C)[C@@H](NC(=O)Cn1c(C(F)(F)F)ccc(C(N)=O)c1=O)C(=O)OC. The van der Waals surface area contributed by atoms with E-state index >= 15 is 0 Å². The lowest BCUT2D eigenvalue weighted by Gasteiger charge is -2.22. The molecular formula is C16H20F3N3O5. The quantitative estimate of drug-likeness (QED) is 0.662. The standard InChI is InChI=1S/C16H20F3N3O5/c1-4-8(2)12(15(26)27-3)21-11(23)7-22-10(16(17,18)19)6-5-9(13(20)24)14(22)25/h5-6,8,12H,4,7H2,1-3H3,(H2,20,24)(H,21,23)/t8-,12+/m0/s1. The molecule has 0 aliphatic rings. The van der Waals surface area contributed by atoms with Crippen LogP contribution in [0, 0.1) is 5.92 Å². The first kappa shape index (κ1) is 22.2. The van der Waals surface area contributed by atoms with Crippen molar-refractivity contribution in [2.75, 3.05) is 7.11 Å². The Balaban J connectivity index is 3.27. The predicted molar refractivity (Wildman–Crippen MR) is 87.6 cm³/mol. The molecule has 0 fully saturated rings. The Kier molecular flexibility index (Phi) is 7.14. The Labute approximate surface area is 152 Å². The zero-order valence-electron chi connectivity index (χ0n) is 14.9. The van der Waals surface area contributed by atoms with Crippen LogP contribution in [0.2, 0.25) is 0 Å². The first-order valence-corrected chi connectivity index (χ1v) is 7.92. The van der Waals surface area contributed by atoms with E-state index in [1.165, 1.54) is 0 Å². The zero-order chi connectivity index (χ0) is 20.9. The maximum atomic E-state index is 13.2. The lowest BCUT2D eigenvalue weighted by Crippen LogP contribution is -2.48. The summed E-state index contributed by atoms with van der Waals surface area (Å²) >= 11 is 0. The number of alkyl halides is 3. The molecule has 150 valence electrons. The summed E-state index contributed by atoms with van der Waals surface area (Å²) in [6, 6.07) is 0.0383. The minimum Gasteiger partial charge on any atom is -0.467 e. The van der Waals surface area contributed by atoms with Crippen molar-refractivity contribution < 1.29 is 32.3 Å². The molecule has 1 aromatic rings. The van der Waals surface area contributed by atoms with Gasteiger partial charge in [0.2, 0.25) is 5.91 Å². The van der Waals surface area contributed by atoms with Gasteiger partial charge in [-0.3, -0.25) is 19.0 Å². The number of pyridine rings is 1. The third kappa shape index (κ3) is 5.31. The van der Waals surface area contributed by atoms with Gasteiger partial charge in [0.15, 0.2) is 0 Å². The number of methoxy groups -OCH3 is 1. The molecule has 3 N–H and O–H groups in total. The van der Waals surface area contributed by atoms with Gasteiger partial charge in [0, 0.05) is 0 Å². The average Bonchev–Trinajstić information content (AvgIpc) is 2.58. The van der Waals surface area contributed by atoms with Crippen molar-refractivity contribution in [2.45, 2.75) is 39.0 Å². The summed E-state index contributed by atoms with van der Waals surface area (Å²) in [4.78, 5) is 47.4. The predicted octanol–water partition coefficient (Wildman–Crippen LogP) is 0.670. The molecule has 11 heteroatoms. The molecule has 0 saturated heterocycles. The van der Waals surface area contributed by atoms with Crippen LogP contribution < -0.4 is 16.6 Å². The van der Waals surface area contributed by atoms with E-state index in [9.17, 15) is 32.3 Å². The third-order valence-electron chi connectivity index (χ3n) is 4.02. The molecule has 0 aromatic carbocycles. The molecular weight excluding hydrogens is 371 g/mol. The van der Waals surface area contributed by atoms with Gasteiger partial charge in [-0.2, -0.15) is 13.2 Å². The molecule has 0 saturated carbocycles. The number of hydrogen-bond donors (Lipinski definition) is 2. The lowest BCUT2D eigenvalue weighted by atomic mass is 9.99. The number of esters is 1. The van der Waals surface area contributed by atoms with Crippen LogP contribution in [0.25, 0.3) is 0 Å². The van der Waals surface area contributed by atoms with Gasteiger partial charge in [-0.25, -0.2) is 4.79 Å². The lowest BCUT2D eigenvalue weighted by molar-refractivity contribution is -0.148. The highest BCUT2D eigenvalue weighted by Crippen LogP contribution is 2.28. The van der Waals surface area contributed by atoms with E-state index in [1.54, 1.807) is 13.8 Å². The number of nitrogens with zero attached hydrogens (tertiary/aromatic N) is 1. The van der Waals surface area contributed by atoms with E-state index < -0.39 is 53.4 Å². The second-order valence-electron chi connectivity index (χ2n) is 5.84. The fourth-order valence-electron chi connectivity index (χ4n) is 2.33. The highest BCUT2D eigenvalue weighted by Gasteiger charge is 2.36. The monoisotopic (exact) mass is 391 g/mol. The van der Waals surface area contributed by atoms with Gasteiger partial charge in [-0.15, -0.1) is 0 Å². The van der Waals surface area contributed by atoms with Crippen molar-refractivity contribution in [3.05, 3.63) is 33.7 Å². The zero-order valence-corrected chi connectivity index (χ0v) is 14.9. The molecule has 2 atom stereocenters. The van der Waals surface area contributed by atoms with Crippen LogP contribution >= 0.6 is 0 Å². The average molecular weight is 391 g/mol. The first-order chi connectivity index (χ1) is 12.4. The Morgan fingerprint density at radius 2 is 1.89 bits per heavy atom. The van der Waals surface area contributed by atoms with Crippen LogP contribution in [-0.2, 0) is 27.0 Å². The van der Waals surface area contributed by atoms with E-state index in [0.29, 0.717) is 18.6 Å². The number of primary amides is 1. The summed E-state index contributed by atoms with van der Waals surface area (Å²) in [5.74, 6) is -3.39. The highest BCUT2D eigenvalue weighted by molar-refractivity contribution is 5.92. The summed E-state index contributed by atoms with van der Waals surface area (Å²) in [5, 5.41) is 2.26. The van der Waals surface area contributed by atoms with E-state index in [1.807, 2.05) is 0 Å². The number of carbonyl (C=O) groups is 3. The molecule has 0 spiro atoms. The second kappa shape index (κ2) is 8.69. The van der Waals surface area contributed by atoms with Gasteiger partial charge in [0.25, 0.3) is 11.5 Å². The summed E-state index contributed by atoms with van der Waals surface area (Å²) < 4.78 is 44.1. The molecule has 8 nitrogen and oxygen atoms in total. The van der Waals surface area contributed by atoms with Gasteiger partial charge in [-0.05, 0) is 18.1 Å². The summed E-state index contributed by atoms with van der Waals surface area (Å²) in [5.41, 5.74) is 1.50. The number of hydrogen-bond acceptors (Lipinski definition) is 5. The maximum absolute atomic E-state index is 13.2. The van der Waals surface area contributed by atoms with Crippen LogP contribution in [0.3, 0.4) is 0 Å². The van der Waals surface area contributed by atoms with Gasteiger partial charge >= 0.3 is 12.1 Å². The number of amides is 2. The van der Waals surface area contributed by atoms with Crippen molar-refractivity contribution in [1.82, 2.24) is 9.88 Å². The Morgan fingerprint density at radius 3 is 2.33 bits per heavy atom. The van der Waals surface area contributed by atoms with E-state index in [0.717, 1.165) is 7.11 Å². The molecule has 27 heavy (non-hydrogen) atoms. The fraction of sp³-hybridized carbons (Fsp3) is 0.500. The second-order valence-corrected chi connectivity index (χ2v) is 5.84. The number of nitrogens with one attached hydrogen (secondary N) is 1. The minimum atomic E-state index is -4.95. The Bertz CT molecular complexity index is 788. The van der Waals surface area contributed by atoms with Crippen molar-refractivity contribution in [1.29, 1.82) is 0 Å². The molecule has 0 aliphatic carbocycles. The number of ether oxygens (including phenoxy) is 1. The normalized spacial score (nSPS) is 13.6. The van der Waals surface area contributed by atoms with Crippen LogP contribution in [0.1, 0.15) is 36.3 Å². The van der Waals surface area contributed by atoms with Crippen molar-refractivity contribution >= 4 is 17.8 Å². The fourth-order valence-corrected chi connectivity index (χ4v) is 2.33. The van der Waals surface area contributed by atoms with Gasteiger partial charge < -0.3 is 15.8 Å². The number of nitrogens with two attached hydrogens (primary N) is 1. The molecule has 0 unspecified atom stereocenters. The van der Waals surface area contributed by atoms with E-state index in [2.05, 4.69) is 10.1 Å². The number of halogens is 3. The number of rotatable bonds is 7. The van der Waals surface area contributed by atoms with E-state index in [-0.39, 0.29) is 10.5 Å². The largest absolute Gasteiger partial charge is 0.467 e. The molecule has 2 amide bonds. The first-order valence-electron chi connectivity index (χ1n) is 7.92. The number of aromatic nitrogens is 1. The molecule has 1 rings (SSSR count). The highest BCUT2D eigenvalue weighted by atomic mass is 19.4. The third-order valence-corrected chi connectivity index (χ3v) is 4.02. The minimum absolute atomic E-state index is 0.0976. The molecule has 0 radical (unpaired) electrons. The Hall–Kier alpha value is -2.85. The number of carbonyl (C=O) groups excluding carboxylic acids is 3. The van der Waals surface area contributed by atoms with Crippen LogP contribution in [0.4, 0.5) is 13.2 Å². The summed E-state index contributed by atoms with van der Waals surface area (Å²) in [6.45, 7) is 2.33. The van der Waals surface area contributed by atoms with Gasteiger partial charge in [0.1, 0.15) is 23.8 Å². The molecule has 0 aliphatic heterocycles. The van der Waals surface area contributed by atoms with Crippen molar-refractivity contribution in [3.63, 3.8) is 0 Å². The summed E-state index contributed by atoms with van der Waals surface area (Å²) in [6.07, 6.45) is -4.47. The summed E-state index contributed by atoms with van der Waals surface area (Å²) in [7, 11) is 1.10. The topological polar surface area (TPSA) is 120 Å². The van der Waals surface area contributed by atoms with Crippen molar-refractivity contribution in [3.8, 4) is 0 Å². The molecule has 1 heterocycles. The van der Waals surface area contributed by atoms with Crippen molar-refractivity contribution in [2.24, 2.45) is 11.7 Å². The maximum Gasteiger partial charge on any atom is 0.431 e.